The zero-order valence-electron chi connectivity index (χ0n) is 13.0. The second-order valence-electron chi connectivity index (χ2n) is 6.03. The predicted octanol–water partition coefficient (Wildman–Crippen LogP) is 3.14. The molecular formula is C18H20FN3O. The van der Waals surface area contributed by atoms with Crippen LogP contribution in [0.1, 0.15) is 30.6 Å². The molecule has 1 heterocycles. The van der Waals surface area contributed by atoms with Gasteiger partial charge in [-0.1, -0.05) is 30.3 Å². The average Bonchev–Trinajstić information content (AvgIpc) is 2.69. The number of hydrogen-bond acceptors (Lipinski definition) is 4. The minimum Gasteiger partial charge on any atom is -0.399 e. The van der Waals surface area contributed by atoms with Crippen LogP contribution in [0, 0.1) is 5.82 Å². The average molecular weight is 313 g/mol. The van der Waals surface area contributed by atoms with Gasteiger partial charge in [-0.3, -0.25) is 4.99 Å². The lowest BCUT2D eigenvalue weighted by molar-refractivity contribution is 0.0647. The van der Waals surface area contributed by atoms with Crippen molar-refractivity contribution in [2.45, 2.75) is 25.0 Å². The van der Waals surface area contributed by atoms with Crippen LogP contribution >= 0.6 is 0 Å². The smallest absolute Gasteiger partial charge is 0.128 e. The molecule has 1 aliphatic rings. The molecule has 0 spiro atoms. The first-order chi connectivity index (χ1) is 11.0. The van der Waals surface area contributed by atoms with Crippen molar-refractivity contribution >= 4 is 11.5 Å². The Morgan fingerprint density at radius 1 is 1.17 bits per heavy atom. The Morgan fingerprint density at radius 2 is 1.91 bits per heavy atom. The van der Waals surface area contributed by atoms with Gasteiger partial charge in [0.1, 0.15) is 18.3 Å². The molecule has 120 valence electrons. The first-order valence-corrected chi connectivity index (χ1v) is 7.54. The van der Waals surface area contributed by atoms with E-state index in [0.717, 1.165) is 5.56 Å². The number of aliphatic imine (C=N–C) groups is 1. The lowest BCUT2D eigenvalue weighted by Crippen LogP contribution is -2.26. The van der Waals surface area contributed by atoms with Gasteiger partial charge >= 0.3 is 0 Å². The highest BCUT2D eigenvalue weighted by Crippen LogP contribution is 2.40. The molecule has 0 saturated carbocycles. The number of rotatable bonds is 2. The number of anilines is 1. The lowest BCUT2D eigenvalue weighted by atomic mass is 9.84. The van der Waals surface area contributed by atoms with Gasteiger partial charge in [-0.2, -0.15) is 0 Å². The highest BCUT2D eigenvalue weighted by molar-refractivity contribution is 5.82. The Bertz CT molecular complexity index is 732. The third-order valence-electron chi connectivity index (χ3n) is 4.15. The van der Waals surface area contributed by atoms with Crippen LogP contribution in [-0.2, 0) is 10.3 Å². The van der Waals surface area contributed by atoms with Crippen LogP contribution in [0.4, 0.5) is 10.1 Å². The SMILES string of the molecule is C[C@@]1(c2cc(N)ccc2F)C[C@@H](c2ccccc2)OCC(N)=N1. The van der Waals surface area contributed by atoms with Gasteiger partial charge in [0.2, 0.25) is 0 Å². The quantitative estimate of drug-likeness (QED) is 0.837. The monoisotopic (exact) mass is 313 g/mol. The van der Waals surface area contributed by atoms with Crippen LogP contribution in [0.5, 0.6) is 0 Å². The van der Waals surface area contributed by atoms with Crippen molar-refractivity contribution in [2.75, 3.05) is 12.3 Å². The Labute approximate surface area is 135 Å². The summed E-state index contributed by atoms with van der Waals surface area (Å²) in [6, 6.07) is 14.4. The molecule has 0 saturated heterocycles. The van der Waals surface area contributed by atoms with Crippen molar-refractivity contribution in [3.05, 3.63) is 65.5 Å². The molecule has 0 aliphatic carbocycles. The fourth-order valence-electron chi connectivity index (χ4n) is 3.01. The van der Waals surface area contributed by atoms with E-state index in [-0.39, 0.29) is 18.5 Å². The maximum Gasteiger partial charge on any atom is 0.128 e. The first-order valence-electron chi connectivity index (χ1n) is 7.54. The highest BCUT2D eigenvalue weighted by Gasteiger charge is 2.35. The Balaban J connectivity index is 2.04. The summed E-state index contributed by atoms with van der Waals surface area (Å²) in [5, 5.41) is 0. The predicted molar refractivity (Wildman–Crippen MR) is 89.5 cm³/mol. The lowest BCUT2D eigenvalue weighted by Gasteiger charge is -2.29. The van der Waals surface area contributed by atoms with Gasteiger partial charge in [-0.25, -0.2) is 4.39 Å². The number of nitrogens with two attached hydrogens (primary N) is 2. The molecule has 0 unspecified atom stereocenters. The minimum atomic E-state index is -0.833. The number of nitrogen functional groups attached to an aromatic ring is 1. The molecule has 3 rings (SSSR count). The normalized spacial score (nSPS) is 24.8. The van der Waals surface area contributed by atoms with E-state index < -0.39 is 5.54 Å². The Kier molecular flexibility index (Phi) is 4.05. The van der Waals surface area contributed by atoms with Gasteiger partial charge < -0.3 is 16.2 Å². The number of nitrogens with zero attached hydrogens (tertiary/aromatic N) is 1. The van der Waals surface area contributed by atoms with E-state index >= 15 is 0 Å². The highest BCUT2D eigenvalue weighted by atomic mass is 19.1. The zero-order valence-corrected chi connectivity index (χ0v) is 13.0. The summed E-state index contributed by atoms with van der Waals surface area (Å²) in [5.74, 6) is 0.0136. The topological polar surface area (TPSA) is 73.6 Å². The minimum absolute atomic E-state index is 0.216. The molecule has 2 aromatic rings. The molecule has 23 heavy (non-hydrogen) atoms. The van der Waals surface area contributed by atoms with Crippen molar-refractivity contribution < 1.29 is 9.13 Å². The zero-order chi connectivity index (χ0) is 16.4. The van der Waals surface area contributed by atoms with E-state index in [2.05, 4.69) is 4.99 Å². The molecule has 1 aliphatic heterocycles. The molecule has 2 aromatic carbocycles. The van der Waals surface area contributed by atoms with Gasteiger partial charge in [0.15, 0.2) is 0 Å². The van der Waals surface area contributed by atoms with Gasteiger partial charge in [0.25, 0.3) is 0 Å². The van der Waals surface area contributed by atoms with Crippen molar-refractivity contribution in [3.8, 4) is 0 Å². The van der Waals surface area contributed by atoms with Crippen LogP contribution in [0.2, 0.25) is 0 Å². The van der Waals surface area contributed by atoms with Gasteiger partial charge in [-0.05, 0) is 30.7 Å². The fourth-order valence-corrected chi connectivity index (χ4v) is 3.01. The molecule has 4 N–H and O–H groups in total. The van der Waals surface area contributed by atoms with Crippen LogP contribution in [0.25, 0.3) is 0 Å². The number of amidine groups is 1. The molecular weight excluding hydrogens is 293 g/mol. The third-order valence-corrected chi connectivity index (χ3v) is 4.15. The maximum atomic E-state index is 14.4. The molecule has 2 atom stereocenters. The molecule has 4 nitrogen and oxygen atoms in total. The molecule has 0 amide bonds. The summed E-state index contributed by atoms with van der Waals surface area (Å²) < 4.78 is 20.3. The number of benzene rings is 2. The van der Waals surface area contributed by atoms with E-state index in [1.165, 1.54) is 12.1 Å². The summed E-state index contributed by atoms with van der Waals surface area (Å²) in [6.07, 6.45) is 0.268. The van der Waals surface area contributed by atoms with Gasteiger partial charge in [0, 0.05) is 17.7 Å². The molecule has 0 radical (unpaired) electrons. The standard InChI is InChI=1S/C18H20FN3O/c1-18(14-9-13(20)7-8-15(14)19)10-16(23-11-17(21)22-18)12-5-3-2-4-6-12/h2-9,16H,10-11,20H2,1H3,(H2,21,22)/t16-,18-/m0/s1. The summed E-state index contributed by atoms with van der Waals surface area (Å²) in [7, 11) is 0. The largest absolute Gasteiger partial charge is 0.399 e. The second kappa shape index (κ2) is 6.01. The Morgan fingerprint density at radius 3 is 2.65 bits per heavy atom. The van der Waals surface area contributed by atoms with Crippen LogP contribution < -0.4 is 11.5 Å². The number of halogens is 1. The molecule has 0 fully saturated rings. The summed E-state index contributed by atoms with van der Waals surface area (Å²) in [6.45, 7) is 2.08. The molecule has 0 bridgehead atoms. The van der Waals surface area contributed by atoms with E-state index in [4.69, 9.17) is 16.2 Å². The number of hydrogen-bond donors (Lipinski definition) is 2. The van der Waals surface area contributed by atoms with Gasteiger partial charge in [-0.15, -0.1) is 0 Å². The summed E-state index contributed by atoms with van der Waals surface area (Å²) >= 11 is 0. The van der Waals surface area contributed by atoms with E-state index in [0.29, 0.717) is 23.5 Å². The Hall–Kier alpha value is -2.40. The summed E-state index contributed by atoms with van der Waals surface area (Å²) in [4.78, 5) is 4.53. The van der Waals surface area contributed by atoms with Crippen molar-refractivity contribution in [2.24, 2.45) is 10.7 Å². The first kappa shape index (κ1) is 15.5. The number of ether oxygens (including phenoxy) is 1. The van der Waals surface area contributed by atoms with Crippen LogP contribution in [-0.4, -0.2) is 12.4 Å². The van der Waals surface area contributed by atoms with Crippen molar-refractivity contribution in [1.82, 2.24) is 0 Å². The van der Waals surface area contributed by atoms with Crippen LogP contribution in [0.3, 0.4) is 0 Å². The van der Waals surface area contributed by atoms with Gasteiger partial charge in [0.05, 0.1) is 11.6 Å². The van der Waals surface area contributed by atoms with Crippen molar-refractivity contribution in [1.29, 1.82) is 0 Å². The third kappa shape index (κ3) is 3.19. The molecule has 0 aromatic heterocycles. The van der Waals surface area contributed by atoms with E-state index in [1.54, 1.807) is 6.07 Å². The summed E-state index contributed by atoms with van der Waals surface area (Å²) in [5.41, 5.74) is 12.9. The van der Waals surface area contributed by atoms with E-state index in [1.807, 2.05) is 37.3 Å². The van der Waals surface area contributed by atoms with E-state index in [9.17, 15) is 4.39 Å². The second-order valence-corrected chi connectivity index (χ2v) is 6.03. The molecule has 5 heteroatoms. The van der Waals surface area contributed by atoms with Crippen molar-refractivity contribution in [3.63, 3.8) is 0 Å². The fraction of sp³-hybridized carbons (Fsp3) is 0.278. The van der Waals surface area contributed by atoms with Crippen LogP contribution in [0.15, 0.2) is 53.5 Å². The maximum absolute atomic E-state index is 14.4.